The maximum atomic E-state index is 10.6. The summed E-state index contributed by atoms with van der Waals surface area (Å²) < 4.78 is 7.74. The lowest BCUT2D eigenvalue weighted by Gasteiger charge is -2.09. The zero-order valence-electron chi connectivity index (χ0n) is 10.2. The molecule has 2 rings (SSSR count). The molecule has 0 amide bonds. The summed E-state index contributed by atoms with van der Waals surface area (Å²) in [6.45, 7) is 0. The lowest BCUT2D eigenvalue weighted by atomic mass is 10.2. The number of hydrogen-bond acceptors (Lipinski definition) is 2. The topological polar surface area (TPSA) is 46.5 Å². The largest absolute Gasteiger partial charge is 0.478 e. The van der Waals surface area contributed by atoms with Crippen molar-refractivity contribution in [2.24, 2.45) is 0 Å². The zero-order valence-corrected chi connectivity index (χ0v) is 14.0. The molecule has 3 nitrogen and oxygen atoms in total. The second kappa shape index (κ2) is 6.90. The van der Waals surface area contributed by atoms with Gasteiger partial charge in [0.25, 0.3) is 0 Å². The molecule has 2 aromatic carbocycles. The molecule has 1 N–H and O–H groups in total. The monoisotopic (exact) mass is 444 g/mol. The van der Waals surface area contributed by atoms with Crippen molar-refractivity contribution >= 4 is 50.6 Å². The smallest absolute Gasteiger partial charge is 0.328 e. The predicted octanol–water partition coefficient (Wildman–Crippen LogP) is 4.94. The van der Waals surface area contributed by atoms with Gasteiger partial charge in [0.05, 0.1) is 0 Å². The fourth-order valence-electron chi connectivity index (χ4n) is 1.56. The van der Waals surface area contributed by atoms with Gasteiger partial charge in [0, 0.05) is 19.7 Å². The SMILES string of the molecule is O=C(O)/C=C/c1cc(Br)ccc1Oc1cccc(I)c1. The van der Waals surface area contributed by atoms with Crippen LogP contribution in [-0.2, 0) is 4.79 Å². The van der Waals surface area contributed by atoms with Gasteiger partial charge in [-0.2, -0.15) is 0 Å². The van der Waals surface area contributed by atoms with Gasteiger partial charge < -0.3 is 9.84 Å². The normalized spacial score (nSPS) is 10.7. The molecule has 0 unspecified atom stereocenters. The summed E-state index contributed by atoms with van der Waals surface area (Å²) in [6.07, 6.45) is 2.60. The van der Waals surface area contributed by atoms with Crippen LogP contribution < -0.4 is 4.74 Å². The number of benzene rings is 2. The predicted molar refractivity (Wildman–Crippen MR) is 90.0 cm³/mol. The van der Waals surface area contributed by atoms with Gasteiger partial charge in [0.15, 0.2) is 0 Å². The molecule has 0 radical (unpaired) electrons. The summed E-state index contributed by atoms with van der Waals surface area (Å²) in [6, 6.07) is 13.1. The Morgan fingerprint density at radius 1 is 1.25 bits per heavy atom. The van der Waals surface area contributed by atoms with Crippen LogP contribution in [0.25, 0.3) is 6.08 Å². The Labute approximate surface area is 138 Å². The summed E-state index contributed by atoms with van der Waals surface area (Å²) in [7, 11) is 0. The number of halogens is 2. The molecule has 0 saturated carbocycles. The van der Waals surface area contributed by atoms with Crippen molar-refractivity contribution in [3.8, 4) is 11.5 Å². The number of hydrogen-bond donors (Lipinski definition) is 1. The van der Waals surface area contributed by atoms with Crippen LogP contribution in [0.1, 0.15) is 5.56 Å². The highest BCUT2D eigenvalue weighted by atomic mass is 127. The van der Waals surface area contributed by atoms with Crippen molar-refractivity contribution in [1.82, 2.24) is 0 Å². The number of carbonyl (C=O) groups is 1. The Kier molecular flexibility index (Phi) is 5.19. The van der Waals surface area contributed by atoms with E-state index in [-0.39, 0.29) is 0 Å². The molecule has 0 spiro atoms. The molecule has 0 fully saturated rings. The van der Waals surface area contributed by atoms with Crippen molar-refractivity contribution < 1.29 is 14.6 Å². The number of aliphatic carboxylic acids is 1. The summed E-state index contributed by atoms with van der Waals surface area (Å²) in [5.41, 5.74) is 0.695. The molecule has 20 heavy (non-hydrogen) atoms. The van der Waals surface area contributed by atoms with Gasteiger partial charge in [0.1, 0.15) is 11.5 Å². The van der Waals surface area contributed by atoms with Gasteiger partial charge in [-0.05, 0) is 65.1 Å². The standard InChI is InChI=1S/C15H10BrIO3/c16-11-5-6-14(10(8-11)4-7-15(18)19)20-13-3-1-2-12(17)9-13/h1-9H,(H,18,19)/b7-4+. The maximum absolute atomic E-state index is 10.6. The van der Waals surface area contributed by atoms with Crippen LogP contribution >= 0.6 is 38.5 Å². The first-order valence-corrected chi connectivity index (χ1v) is 7.56. The average Bonchev–Trinajstić information content (AvgIpc) is 2.39. The molecule has 0 bridgehead atoms. The van der Waals surface area contributed by atoms with E-state index in [1.807, 2.05) is 36.4 Å². The summed E-state index contributed by atoms with van der Waals surface area (Å²) >= 11 is 5.57. The van der Waals surface area contributed by atoms with Gasteiger partial charge in [-0.15, -0.1) is 0 Å². The molecule has 102 valence electrons. The van der Waals surface area contributed by atoms with E-state index in [0.29, 0.717) is 17.1 Å². The van der Waals surface area contributed by atoms with E-state index in [1.54, 1.807) is 6.07 Å². The molecule has 0 aliphatic heterocycles. The summed E-state index contributed by atoms with van der Waals surface area (Å²) in [4.78, 5) is 10.6. The third-order valence-electron chi connectivity index (χ3n) is 2.40. The minimum atomic E-state index is -0.995. The van der Waals surface area contributed by atoms with E-state index >= 15 is 0 Å². The van der Waals surface area contributed by atoms with Crippen LogP contribution in [0, 0.1) is 3.57 Å². The van der Waals surface area contributed by atoms with Gasteiger partial charge in [-0.1, -0.05) is 22.0 Å². The molecular weight excluding hydrogens is 435 g/mol. The minimum Gasteiger partial charge on any atom is -0.478 e. The summed E-state index contributed by atoms with van der Waals surface area (Å²) in [5, 5.41) is 8.72. The third kappa shape index (κ3) is 4.35. The van der Waals surface area contributed by atoms with Crippen LogP contribution in [-0.4, -0.2) is 11.1 Å². The van der Waals surface area contributed by atoms with Crippen LogP contribution in [0.3, 0.4) is 0 Å². The highest BCUT2D eigenvalue weighted by Crippen LogP contribution is 2.29. The van der Waals surface area contributed by atoms with Crippen LogP contribution in [0.5, 0.6) is 11.5 Å². The highest BCUT2D eigenvalue weighted by molar-refractivity contribution is 14.1. The first kappa shape index (κ1) is 15.1. The lowest BCUT2D eigenvalue weighted by Crippen LogP contribution is -1.90. The van der Waals surface area contributed by atoms with E-state index in [4.69, 9.17) is 9.84 Å². The third-order valence-corrected chi connectivity index (χ3v) is 3.57. The second-order valence-corrected chi connectivity index (χ2v) is 6.07. The van der Waals surface area contributed by atoms with Crippen molar-refractivity contribution in [2.45, 2.75) is 0 Å². The van der Waals surface area contributed by atoms with E-state index in [0.717, 1.165) is 14.1 Å². The lowest BCUT2D eigenvalue weighted by molar-refractivity contribution is -0.131. The Balaban J connectivity index is 2.33. The van der Waals surface area contributed by atoms with E-state index in [1.165, 1.54) is 6.08 Å². The van der Waals surface area contributed by atoms with Crippen molar-refractivity contribution in [1.29, 1.82) is 0 Å². The van der Waals surface area contributed by atoms with Gasteiger partial charge in [-0.25, -0.2) is 4.79 Å². The molecular formula is C15H10BrIO3. The molecule has 0 aliphatic carbocycles. The van der Waals surface area contributed by atoms with Crippen LogP contribution in [0.4, 0.5) is 0 Å². The molecule has 5 heteroatoms. The molecule has 2 aromatic rings. The quantitative estimate of drug-likeness (QED) is 0.536. The zero-order chi connectivity index (χ0) is 14.5. The van der Waals surface area contributed by atoms with Crippen molar-refractivity contribution in [2.75, 3.05) is 0 Å². The van der Waals surface area contributed by atoms with E-state index < -0.39 is 5.97 Å². The fourth-order valence-corrected chi connectivity index (χ4v) is 2.45. The molecule has 0 aromatic heterocycles. The van der Waals surface area contributed by atoms with Gasteiger partial charge >= 0.3 is 5.97 Å². The fraction of sp³-hybridized carbons (Fsp3) is 0. The first-order chi connectivity index (χ1) is 9.54. The van der Waals surface area contributed by atoms with Crippen molar-refractivity contribution in [3.05, 3.63) is 62.1 Å². The number of carboxylic acids is 1. The number of ether oxygens (including phenoxy) is 1. The second-order valence-electron chi connectivity index (χ2n) is 3.91. The van der Waals surface area contributed by atoms with Crippen molar-refractivity contribution in [3.63, 3.8) is 0 Å². The minimum absolute atomic E-state index is 0.604. The van der Waals surface area contributed by atoms with Crippen LogP contribution in [0.15, 0.2) is 53.0 Å². The Bertz CT molecular complexity index is 668. The van der Waals surface area contributed by atoms with Gasteiger partial charge in [-0.3, -0.25) is 0 Å². The van der Waals surface area contributed by atoms with Crippen LogP contribution in [0.2, 0.25) is 0 Å². The molecule has 0 atom stereocenters. The average molecular weight is 445 g/mol. The summed E-state index contributed by atoms with van der Waals surface area (Å²) in [5.74, 6) is 0.321. The number of rotatable bonds is 4. The Morgan fingerprint density at radius 2 is 2.05 bits per heavy atom. The maximum Gasteiger partial charge on any atom is 0.328 e. The Morgan fingerprint density at radius 3 is 2.75 bits per heavy atom. The van der Waals surface area contributed by atoms with Gasteiger partial charge in [0.2, 0.25) is 0 Å². The van der Waals surface area contributed by atoms with E-state index in [9.17, 15) is 4.79 Å². The molecule has 0 heterocycles. The number of carboxylic acid groups (broad SMARTS) is 1. The first-order valence-electron chi connectivity index (χ1n) is 5.68. The molecule has 0 aliphatic rings. The molecule has 0 saturated heterocycles. The van der Waals surface area contributed by atoms with E-state index in [2.05, 4.69) is 38.5 Å². The highest BCUT2D eigenvalue weighted by Gasteiger charge is 2.05. The Hall–Kier alpha value is -1.34.